The van der Waals surface area contributed by atoms with Gasteiger partial charge in [0.15, 0.2) is 11.5 Å². The monoisotopic (exact) mass is 470 g/mol. The molecule has 0 aliphatic heterocycles. The number of ether oxygens (including phenoxy) is 4. The molecule has 0 unspecified atom stereocenters. The van der Waals surface area contributed by atoms with E-state index in [-0.39, 0.29) is 12.5 Å². The first kappa shape index (κ1) is 24.4. The standard InChI is InChI=1S/C25H30N2O5S/c1-29-21-10-6-5-8-18(21)15-27(16-20-9-7-11-33-20)17-25(28)26-14-19-12-23(31-3)24(32-4)13-22(19)30-2/h5-13H,14-17H2,1-4H3,(H,26,28). The fraction of sp³-hybridized carbons (Fsp3) is 0.320. The van der Waals surface area contributed by atoms with Crippen LogP contribution in [0.2, 0.25) is 0 Å². The quantitative estimate of drug-likeness (QED) is 0.430. The van der Waals surface area contributed by atoms with Crippen LogP contribution in [0.1, 0.15) is 16.0 Å². The second-order valence-electron chi connectivity index (χ2n) is 7.33. The second kappa shape index (κ2) is 12.1. The molecule has 0 aliphatic carbocycles. The third kappa shape index (κ3) is 6.63. The van der Waals surface area contributed by atoms with Gasteiger partial charge in [-0.1, -0.05) is 24.3 Å². The van der Waals surface area contributed by atoms with E-state index in [4.69, 9.17) is 18.9 Å². The number of benzene rings is 2. The van der Waals surface area contributed by atoms with E-state index in [0.29, 0.717) is 36.9 Å². The van der Waals surface area contributed by atoms with E-state index in [1.807, 2.05) is 41.8 Å². The van der Waals surface area contributed by atoms with Gasteiger partial charge < -0.3 is 24.3 Å². The largest absolute Gasteiger partial charge is 0.496 e. The van der Waals surface area contributed by atoms with E-state index >= 15 is 0 Å². The molecule has 0 bridgehead atoms. The molecule has 3 aromatic rings. The molecule has 3 rings (SSSR count). The SMILES string of the molecule is COc1cc(OC)c(OC)cc1CNC(=O)CN(Cc1cccs1)Cc1ccccc1OC. The molecule has 7 nitrogen and oxygen atoms in total. The maximum absolute atomic E-state index is 12.9. The first-order valence-electron chi connectivity index (χ1n) is 10.5. The highest BCUT2D eigenvalue weighted by atomic mass is 32.1. The number of nitrogens with one attached hydrogen (secondary N) is 1. The summed E-state index contributed by atoms with van der Waals surface area (Å²) >= 11 is 1.67. The van der Waals surface area contributed by atoms with Gasteiger partial charge in [0.1, 0.15) is 11.5 Å². The van der Waals surface area contributed by atoms with Crippen LogP contribution in [0.15, 0.2) is 53.9 Å². The maximum Gasteiger partial charge on any atom is 0.234 e. The van der Waals surface area contributed by atoms with E-state index in [2.05, 4.69) is 16.3 Å². The molecule has 0 saturated carbocycles. The Morgan fingerprint density at radius 1 is 0.818 bits per heavy atom. The van der Waals surface area contributed by atoms with Crippen molar-refractivity contribution >= 4 is 17.2 Å². The number of hydrogen-bond donors (Lipinski definition) is 1. The van der Waals surface area contributed by atoms with Gasteiger partial charge in [0.25, 0.3) is 0 Å². The maximum atomic E-state index is 12.9. The van der Waals surface area contributed by atoms with Crippen LogP contribution in [0.5, 0.6) is 23.0 Å². The number of para-hydroxylation sites is 1. The molecule has 1 amide bonds. The van der Waals surface area contributed by atoms with Gasteiger partial charge in [-0.3, -0.25) is 9.69 Å². The predicted octanol–water partition coefficient (Wildman–Crippen LogP) is 4.10. The lowest BCUT2D eigenvalue weighted by Crippen LogP contribution is -2.36. The van der Waals surface area contributed by atoms with E-state index in [9.17, 15) is 4.79 Å². The van der Waals surface area contributed by atoms with Gasteiger partial charge in [0.05, 0.1) is 35.0 Å². The number of amides is 1. The highest BCUT2D eigenvalue weighted by molar-refractivity contribution is 7.09. The summed E-state index contributed by atoms with van der Waals surface area (Å²) in [5.41, 5.74) is 1.84. The number of hydrogen-bond acceptors (Lipinski definition) is 7. The Morgan fingerprint density at radius 2 is 1.52 bits per heavy atom. The van der Waals surface area contributed by atoms with Crippen LogP contribution < -0.4 is 24.3 Å². The summed E-state index contributed by atoms with van der Waals surface area (Å²) in [4.78, 5) is 16.2. The van der Waals surface area contributed by atoms with Gasteiger partial charge in [-0.05, 0) is 23.6 Å². The lowest BCUT2D eigenvalue weighted by atomic mass is 10.1. The minimum atomic E-state index is -0.0849. The van der Waals surface area contributed by atoms with Crippen LogP contribution in [0.25, 0.3) is 0 Å². The Labute approximate surface area is 198 Å². The van der Waals surface area contributed by atoms with Crippen molar-refractivity contribution in [3.05, 3.63) is 69.9 Å². The zero-order valence-electron chi connectivity index (χ0n) is 19.4. The first-order chi connectivity index (χ1) is 16.1. The van der Waals surface area contributed by atoms with Crippen molar-refractivity contribution in [3.8, 4) is 23.0 Å². The Morgan fingerprint density at radius 3 is 2.18 bits per heavy atom. The molecule has 0 radical (unpaired) electrons. The van der Waals surface area contributed by atoms with Crippen LogP contribution in [-0.4, -0.2) is 45.8 Å². The lowest BCUT2D eigenvalue weighted by molar-refractivity contribution is -0.122. The molecule has 176 valence electrons. The van der Waals surface area contributed by atoms with E-state index in [0.717, 1.165) is 16.9 Å². The minimum absolute atomic E-state index is 0.0849. The van der Waals surface area contributed by atoms with Gasteiger partial charge in [0.2, 0.25) is 5.91 Å². The first-order valence-corrected chi connectivity index (χ1v) is 11.4. The van der Waals surface area contributed by atoms with Gasteiger partial charge >= 0.3 is 0 Å². The molecule has 1 heterocycles. The van der Waals surface area contributed by atoms with Gasteiger partial charge in [-0.2, -0.15) is 0 Å². The Hall–Kier alpha value is -3.23. The van der Waals surface area contributed by atoms with Crippen molar-refractivity contribution < 1.29 is 23.7 Å². The number of carbonyl (C=O) groups is 1. The summed E-state index contributed by atoms with van der Waals surface area (Å²) in [7, 11) is 6.39. The molecular formula is C25H30N2O5S. The molecule has 0 fully saturated rings. The smallest absolute Gasteiger partial charge is 0.234 e. The molecule has 33 heavy (non-hydrogen) atoms. The minimum Gasteiger partial charge on any atom is -0.496 e. The summed E-state index contributed by atoms with van der Waals surface area (Å²) in [5.74, 6) is 2.50. The van der Waals surface area contributed by atoms with Crippen molar-refractivity contribution in [2.75, 3.05) is 35.0 Å². The van der Waals surface area contributed by atoms with Crippen LogP contribution in [0, 0.1) is 0 Å². The van der Waals surface area contributed by atoms with Crippen LogP contribution in [0.4, 0.5) is 0 Å². The molecule has 1 N–H and O–H groups in total. The van der Waals surface area contributed by atoms with Gasteiger partial charge in [-0.25, -0.2) is 0 Å². The molecule has 0 spiro atoms. The van der Waals surface area contributed by atoms with Crippen LogP contribution >= 0.6 is 11.3 Å². The number of nitrogens with zero attached hydrogens (tertiary/aromatic N) is 1. The van der Waals surface area contributed by atoms with Crippen molar-refractivity contribution in [2.45, 2.75) is 19.6 Å². The summed E-state index contributed by atoms with van der Waals surface area (Å²) in [5, 5.41) is 5.04. The highest BCUT2D eigenvalue weighted by Gasteiger charge is 2.17. The average molecular weight is 471 g/mol. The Balaban J connectivity index is 1.70. The fourth-order valence-electron chi connectivity index (χ4n) is 3.55. The summed E-state index contributed by atoms with van der Waals surface area (Å²) in [6.45, 7) is 1.81. The fourth-order valence-corrected chi connectivity index (χ4v) is 4.29. The van der Waals surface area contributed by atoms with Gasteiger partial charge in [0, 0.05) is 41.7 Å². The van der Waals surface area contributed by atoms with Crippen molar-refractivity contribution in [1.29, 1.82) is 0 Å². The van der Waals surface area contributed by atoms with Crippen LogP contribution in [0.3, 0.4) is 0 Å². The lowest BCUT2D eigenvalue weighted by Gasteiger charge is -2.22. The summed E-state index contributed by atoms with van der Waals surface area (Å²) < 4.78 is 21.7. The Bertz CT molecular complexity index is 1040. The molecule has 0 atom stereocenters. The van der Waals surface area contributed by atoms with Crippen LogP contribution in [-0.2, 0) is 24.4 Å². The number of carbonyl (C=O) groups excluding carboxylic acids is 1. The molecule has 0 aliphatic rings. The third-order valence-corrected chi connectivity index (χ3v) is 6.04. The number of rotatable bonds is 12. The van der Waals surface area contributed by atoms with Crippen molar-refractivity contribution in [3.63, 3.8) is 0 Å². The van der Waals surface area contributed by atoms with E-state index < -0.39 is 0 Å². The summed E-state index contributed by atoms with van der Waals surface area (Å²) in [6, 6.07) is 15.5. The summed E-state index contributed by atoms with van der Waals surface area (Å²) in [6.07, 6.45) is 0. The van der Waals surface area contributed by atoms with Gasteiger partial charge in [-0.15, -0.1) is 11.3 Å². The molecule has 2 aromatic carbocycles. The number of methoxy groups -OCH3 is 4. The topological polar surface area (TPSA) is 69.3 Å². The highest BCUT2D eigenvalue weighted by Crippen LogP contribution is 2.34. The molecule has 1 aromatic heterocycles. The number of thiophene rings is 1. The molecular weight excluding hydrogens is 440 g/mol. The zero-order valence-corrected chi connectivity index (χ0v) is 20.2. The predicted molar refractivity (Wildman–Crippen MR) is 129 cm³/mol. The van der Waals surface area contributed by atoms with Crippen molar-refractivity contribution in [1.82, 2.24) is 10.2 Å². The molecule has 0 saturated heterocycles. The average Bonchev–Trinajstić information content (AvgIpc) is 3.35. The van der Waals surface area contributed by atoms with Crippen molar-refractivity contribution in [2.24, 2.45) is 0 Å². The second-order valence-corrected chi connectivity index (χ2v) is 8.36. The zero-order chi connectivity index (χ0) is 23.6. The Kier molecular flexibility index (Phi) is 8.97. The van der Waals surface area contributed by atoms with E-state index in [1.54, 1.807) is 45.8 Å². The van der Waals surface area contributed by atoms with E-state index in [1.165, 1.54) is 4.88 Å². The third-order valence-electron chi connectivity index (χ3n) is 5.18. The normalized spacial score (nSPS) is 10.7. The molecule has 8 heteroatoms.